The van der Waals surface area contributed by atoms with E-state index in [9.17, 15) is 9.18 Å². The van der Waals surface area contributed by atoms with Gasteiger partial charge >= 0.3 is 0 Å². The summed E-state index contributed by atoms with van der Waals surface area (Å²) in [7, 11) is 1.76. The maximum absolute atomic E-state index is 14.1. The summed E-state index contributed by atoms with van der Waals surface area (Å²) in [4.78, 5) is 14.9. The molecule has 1 aromatic heterocycles. The van der Waals surface area contributed by atoms with Gasteiger partial charge in [0, 0.05) is 31.5 Å². The van der Waals surface area contributed by atoms with Crippen molar-refractivity contribution >= 4 is 29.0 Å². The molecule has 0 spiro atoms. The molecule has 1 aliphatic heterocycles. The molecule has 0 radical (unpaired) electrons. The van der Waals surface area contributed by atoms with Crippen molar-refractivity contribution in [1.82, 2.24) is 14.8 Å². The van der Waals surface area contributed by atoms with Crippen molar-refractivity contribution < 1.29 is 13.9 Å². The van der Waals surface area contributed by atoms with Crippen LogP contribution in [-0.4, -0.2) is 52.2 Å². The molecule has 31 heavy (non-hydrogen) atoms. The van der Waals surface area contributed by atoms with Crippen LogP contribution in [0.2, 0.25) is 0 Å². The number of nitrogens with one attached hydrogen (secondary N) is 1. The average Bonchev–Trinajstić information content (AvgIpc) is 3.15. The number of nitrogens with zero attached hydrogens (tertiary/aromatic N) is 4. The van der Waals surface area contributed by atoms with Gasteiger partial charge in [0.15, 0.2) is 11.0 Å². The number of anilines is 2. The second-order valence-electron chi connectivity index (χ2n) is 7.24. The first-order chi connectivity index (χ1) is 15.0. The second-order valence-corrected chi connectivity index (χ2v) is 8.55. The third kappa shape index (κ3) is 4.88. The van der Waals surface area contributed by atoms with E-state index in [2.05, 4.69) is 20.4 Å². The molecule has 0 bridgehead atoms. The summed E-state index contributed by atoms with van der Waals surface area (Å²) in [6.45, 7) is 5.00. The number of carbonyl (C=O) groups is 1. The lowest BCUT2D eigenvalue weighted by molar-refractivity contribution is -0.115. The van der Waals surface area contributed by atoms with E-state index in [0.29, 0.717) is 16.5 Å². The molecule has 1 N–H and O–H groups in total. The molecule has 1 atom stereocenters. The van der Waals surface area contributed by atoms with Gasteiger partial charge in [-0.15, -0.1) is 10.2 Å². The summed E-state index contributed by atoms with van der Waals surface area (Å²) in [6.07, 6.45) is 0. The van der Waals surface area contributed by atoms with Crippen molar-refractivity contribution in [3.05, 3.63) is 54.3 Å². The number of hydrogen-bond donors (Lipinski definition) is 1. The Morgan fingerprint density at radius 2 is 1.84 bits per heavy atom. The lowest BCUT2D eigenvalue weighted by Crippen LogP contribution is -2.36. The van der Waals surface area contributed by atoms with E-state index >= 15 is 0 Å². The highest BCUT2D eigenvalue weighted by Gasteiger charge is 2.21. The number of rotatable bonds is 6. The number of aromatic nitrogens is 3. The van der Waals surface area contributed by atoms with Crippen LogP contribution in [0.25, 0.3) is 11.4 Å². The lowest BCUT2D eigenvalue weighted by Gasteiger charge is -2.28. The summed E-state index contributed by atoms with van der Waals surface area (Å²) in [5, 5.41) is 11.3. The fraction of sp³-hybridized carbons (Fsp3) is 0.318. The minimum atomic E-state index is -0.407. The number of ether oxygens (including phenoxy) is 1. The van der Waals surface area contributed by atoms with Gasteiger partial charge in [-0.25, -0.2) is 4.39 Å². The molecule has 2 aromatic carbocycles. The molecule has 0 aliphatic carbocycles. The lowest BCUT2D eigenvalue weighted by atomic mass is 10.2. The summed E-state index contributed by atoms with van der Waals surface area (Å²) >= 11 is 1.28. The molecule has 0 saturated carbocycles. The van der Waals surface area contributed by atoms with Crippen molar-refractivity contribution in [3.63, 3.8) is 0 Å². The summed E-state index contributed by atoms with van der Waals surface area (Å²) < 4.78 is 21.2. The number of carbonyl (C=O) groups excluding carboxylic acids is 1. The van der Waals surface area contributed by atoms with Crippen LogP contribution in [0.3, 0.4) is 0 Å². The van der Waals surface area contributed by atoms with Crippen molar-refractivity contribution in [1.29, 1.82) is 0 Å². The van der Waals surface area contributed by atoms with E-state index < -0.39 is 5.25 Å². The van der Waals surface area contributed by atoms with Gasteiger partial charge in [0.2, 0.25) is 5.91 Å². The maximum atomic E-state index is 14.1. The van der Waals surface area contributed by atoms with Gasteiger partial charge in [0.25, 0.3) is 0 Å². The molecule has 162 valence electrons. The maximum Gasteiger partial charge on any atom is 0.237 e. The highest BCUT2D eigenvalue weighted by Crippen LogP contribution is 2.28. The predicted molar refractivity (Wildman–Crippen MR) is 120 cm³/mol. The Kier molecular flexibility index (Phi) is 6.53. The van der Waals surface area contributed by atoms with E-state index in [4.69, 9.17) is 4.74 Å². The first kappa shape index (κ1) is 21.3. The number of halogens is 1. The van der Waals surface area contributed by atoms with Gasteiger partial charge in [-0.2, -0.15) is 0 Å². The minimum absolute atomic E-state index is 0.139. The Morgan fingerprint density at radius 1 is 1.13 bits per heavy atom. The predicted octanol–water partition coefficient (Wildman–Crippen LogP) is 3.58. The Morgan fingerprint density at radius 3 is 2.55 bits per heavy atom. The van der Waals surface area contributed by atoms with Gasteiger partial charge < -0.3 is 19.5 Å². The van der Waals surface area contributed by atoms with Crippen LogP contribution < -0.4 is 10.2 Å². The van der Waals surface area contributed by atoms with Crippen molar-refractivity contribution in [2.45, 2.75) is 17.3 Å². The van der Waals surface area contributed by atoms with E-state index in [1.165, 1.54) is 17.8 Å². The molecular formula is C22H24FN5O2S. The quantitative estimate of drug-likeness (QED) is 0.590. The average molecular weight is 442 g/mol. The SMILES string of the molecule is C[C@@H](Sc1nnc(-c2ccccc2F)n1C)C(=O)Nc1ccc(N2CCOCC2)cc1. The van der Waals surface area contributed by atoms with Crippen molar-refractivity contribution in [3.8, 4) is 11.4 Å². The van der Waals surface area contributed by atoms with Gasteiger partial charge in [-0.05, 0) is 43.3 Å². The van der Waals surface area contributed by atoms with E-state index in [1.807, 2.05) is 24.3 Å². The Labute approximate surface area is 184 Å². The highest BCUT2D eigenvalue weighted by atomic mass is 32.2. The molecule has 1 saturated heterocycles. The molecule has 4 rings (SSSR count). The van der Waals surface area contributed by atoms with Crippen molar-refractivity contribution in [2.24, 2.45) is 7.05 Å². The van der Waals surface area contributed by atoms with Crippen LogP contribution >= 0.6 is 11.8 Å². The zero-order valence-corrected chi connectivity index (χ0v) is 18.2. The number of thioether (sulfide) groups is 1. The number of hydrogen-bond acceptors (Lipinski definition) is 6. The van der Waals surface area contributed by atoms with E-state index in [-0.39, 0.29) is 11.7 Å². The largest absolute Gasteiger partial charge is 0.378 e. The summed E-state index contributed by atoms with van der Waals surface area (Å²) in [6, 6.07) is 14.2. The number of amides is 1. The Hall–Kier alpha value is -2.91. The summed E-state index contributed by atoms with van der Waals surface area (Å²) in [5.41, 5.74) is 2.23. The molecule has 3 aromatic rings. The van der Waals surface area contributed by atoms with Crippen LogP contribution in [0.5, 0.6) is 0 Å². The van der Waals surface area contributed by atoms with Crippen LogP contribution in [0.4, 0.5) is 15.8 Å². The number of benzene rings is 2. The smallest absolute Gasteiger partial charge is 0.237 e. The number of morpholine rings is 1. The third-order valence-electron chi connectivity index (χ3n) is 5.11. The normalized spacial score (nSPS) is 15.0. The van der Waals surface area contributed by atoms with E-state index in [1.54, 1.807) is 36.7 Å². The fourth-order valence-electron chi connectivity index (χ4n) is 3.33. The minimum Gasteiger partial charge on any atom is -0.378 e. The highest BCUT2D eigenvalue weighted by molar-refractivity contribution is 8.00. The van der Waals surface area contributed by atoms with Crippen LogP contribution in [-0.2, 0) is 16.6 Å². The fourth-order valence-corrected chi connectivity index (χ4v) is 4.14. The molecule has 1 aliphatic rings. The van der Waals surface area contributed by atoms with Crippen LogP contribution in [0.1, 0.15) is 6.92 Å². The van der Waals surface area contributed by atoms with Gasteiger partial charge in [-0.1, -0.05) is 23.9 Å². The van der Waals surface area contributed by atoms with Crippen LogP contribution in [0, 0.1) is 5.82 Å². The molecule has 7 nitrogen and oxygen atoms in total. The molecular weight excluding hydrogens is 417 g/mol. The topological polar surface area (TPSA) is 72.3 Å². The Bertz CT molecular complexity index is 1050. The van der Waals surface area contributed by atoms with Gasteiger partial charge in [0.1, 0.15) is 5.82 Å². The third-order valence-corrected chi connectivity index (χ3v) is 6.25. The Balaban J connectivity index is 1.38. The zero-order valence-electron chi connectivity index (χ0n) is 17.4. The first-order valence-corrected chi connectivity index (χ1v) is 11.0. The van der Waals surface area contributed by atoms with Crippen molar-refractivity contribution in [2.75, 3.05) is 36.5 Å². The molecule has 9 heteroatoms. The molecule has 0 unspecified atom stereocenters. The molecule has 1 amide bonds. The molecule has 1 fully saturated rings. The van der Waals surface area contributed by atoms with Gasteiger partial charge in [0.05, 0.1) is 24.0 Å². The standard InChI is InChI=1S/C22H24FN5O2S/c1-15(31-22-26-25-20(27(22)2)18-5-3-4-6-19(18)23)21(29)24-16-7-9-17(10-8-16)28-11-13-30-14-12-28/h3-10,15H,11-14H2,1-2H3,(H,24,29)/t15-/m1/s1. The first-order valence-electron chi connectivity index (χ1n) is 10.1. The zero-order chi connectivity index (χ0) is 21.8. The second kappa shape index (κ2) is 9.49. The molecule has 2 heterocycles. The van der Waals surface area contributed by atoms with E-state index in [0.717, 1.165) is 37.7 Å². The van der Waals surface area contributed by atoms with Crippen LogP contribution in [0.15, 0.2) is 53.7 Å². The van der Waals surface area contributed by atoms with Gasteiger partial charge in [-0.3, -0.25) is 4.79 Å². The monoisotopic (exact) mass is 441 g/mol. The summed E-state index contributed by atoms with van der Waals surface area (Å²) in [5.74, 6) is -0.0765.